The molecule has 2 aliphatic carbocycles. The normalized spacial score (nSPS) is 29.8. The average Bonchev–Trinajstić information content (AvgIpc) is 2.68. The average molecular weight is 365 g/mol. The molecule has 0 amide bonds. The van der Waals surface area contributed by atoms with E-state index in [0.29, 0.717) is 6.10 Å². The summed E-state index contributed by atoms with van der Waals surface area (Å²) >= 11 is 0. The smallest absolute Gasteiger partial charge is 0.0575 e. The lowest BCUT2D eigenvalue weighted by molar-refractivity contribution is -0.0103. The van der Waals surface area contributed by atoms with Crippen molar-refractivity contribution in [2.45, 2.75) is 136 Å². The van der Waals surface area contributed by atoms with Crippen molar-refractivity contribution in [2.24, 2.45) is 17.8 Å². The molecule has 0 aromatic rings. The van der Waals surface area contributed by atoms with Crippen LogP contribution < -0.4 is 0 Å². The summed E-state index contributed by atoms with van der Waals surface area (Å²) < 4.78 is 6.33. The molecular formula is C25H48O. The van der Waals surface area contributed by atoms with Gasteiger partial charge >= 0.3 is 0 Å². The van der Waals surface area contributed by atoms with Gasteiger partial charge in [0.2, 0.25) is 0 Å². The van der Waals surface area contributed by atoms with Crippen LogP contribution in [-0.4, -0.2) is 12.7 Å². The molecule has 2 fully saturated rings. The van der Waals surface area contributed by atoms with Crippen LogP contribution in [0.5, 0.6) is 0 Å². The first-order chi connectivity index (χ1) is 12.8. The topological polar surface area (TPSA) is 9.23 Å². The maximum absolute atomic E-state index is 6.33. The Bertz CT molecular complexity index is 310. The molecule has 2 aliphatic rings. The molecule has 0 aromatic carbocycles. The van der Waals surface area contributed by atoms with Crippen LogP contribution in [0.4, 0.5) is 0 Å². The quantitative estimate of drug-likeness (QED) is 0.298. The van der Waals surface area contributed by atoms with E-state index >= 15 is 0 Å². The number of ether oxygens (including phenoxy) is 1. The molecule has 0 heterocycles. The maximum Gasteiger partial charge on any atom is 0.0575 e. The van der Waals surface area contributed by atoms with E-state index in [1.54, 1.807) is 0 Å². The summed E-state index contributed by atoms with van der Waals surface area (Å²) in [6.45, 7) is 5.69. The van der Waals surface area contributed by atoms with Gasteiger partial charge in [-0.3, -0.25) is 0 Å². The molecular weight excluding hydrogens is 316 g/mol. The summed E-state index contributed by atoms with van der Waals surface area (Å²) in [6.07, 6.45) is 26.4. The van der Waals surface area contributed by atoms with Gasteiger partial charge in [-0.2, -0.15) is 0 Å². The van der Waals surface area contributed by atoms with E-state index in [-0.39, 0.29) is 0 Å². The second-order valence-corrected chi connectivity index (χ2v) is 9.56. The molecule has 26 heavy (non-hydrogen) atoms. The lowest BCUT2D eigenvalue weighted by Gasteiger charge is -2.32. The zero-order chi connectivity index (χ0) is 18.5. The Labute approximate surface area is 165 Å². The summed E-state index contributed by atoms with van der Waals surface area (Å²) in [5.74, 6) is 2.90. The third-order valence-electron chi connectivity index (χ3n) is 7.24. The van der Waals surface area contributed by atoms with Gasteiger partial charge < -0.3 is 4.74 Å². The van der Waals surface area contributed by atoms with E-state index in [1.807, 2.05) is 0 Å². The molecule has 0 spiro atoms. The summed E-state index contributed by atoms with van der Waals surface area (Å²) in [7, 11) is 0. The van der Waals surface area contributed by atoms with Crippen LogP contribution in [0.1, 0.15) is 129 Å². The number of rotatable bonds is 13. The van der Waals surface area contributed by atoms with Crippen molar-refractivity contribution < 1.29 is 4.74 Å². The highest BCUT2D eigenvalue weighted by Gasteiger charge is 2.24. The van der Waals surface area contributed by atoms with Crippen molar-refractivity contribution in [3.05, 3.63) is 0 Å². The second kappa shape index (κ2) is 14.0. The van der Waals surface area contributed by atoms with Crippen molar-refractivity contribution in [3.8, 4) is 0 Å². The zero-order valence-corrected chi connectivity index (χ0v) is 18.2. The summed E-state index contributed by atoms with van der Waals surface area (Å²) in [4.78, 5) is 0. The molecule has 1 heteroatoms. The Kier molecular flexibility index (Phi) is 12.0. The van der Waals surface area contributed by atoms with Gasteiger partial charge in [-0.15, -0.1) is 0 Å². The Hall–Kier alpha value is -0.0400. The Morgan fingerprint density at radius 1 is 0.538 bits per heavy atom. The number of hydrogen-bond donors (Lipinski definition) is 0. The molecule has 0 aromatic heterocycles. The fourth-order valence-electron chi connectivity index (χ4n) is 5.34. The van der Waals surface area contributed by atoms with Crippen LogP contribution in [0.25, 0.3) is 0 Å². The fraction of sp³-hybridized carbons (Fsp3) is 1.00. The minimum atomic E-state index is 0.591. The molecule has 0 aliphatic heterocycles. The first-order valence-corrected chi connectivity index (χ1v) is 12.4. The zero-order valence-electron chi connectivity index (χ0n) is 18.2. The molecule has 0 bridgehead atoms. The standard InChI is InChI=1S/C25H48O/c1-3-5-6-7-8-9-10-12-23-13-15-24(16-14-23)21-26-25-19-17-22(11-4-2)18-20-25/h22-25H,3-21H2,1-2H3. The predicted molar refractivity (Wildman–Crippen MR) is 115 cm³/mol. The minimum absolute atomic E-state index is 0.591. The molecule has 0 atom stereocenters. The lowest BCUT2D eigenvalue weighted by Crippen LogP contribution is -2.26. The van der Waals surface area contributed by atoms with Gasteiger partial charge in [-0.1, -0.05) is 90.9 Å². The van der Waals surface area contributed by atoms with Gasteiger partial charge in [-0.25, -0.2) is 0 Å². The molecule has 0 saturated heterocycles. The van der Waals surface area contributed by atoms with E-state index < -0.39 is 0 Å². The van der Waals surface area contributed by atoms with Crippen molar-refractivity contribution in [1.29, 1.82) is 0 Å². The van der Waals surface area contributed by atoms with Crippen molar-refractivity contribution in [2.75, 3.05) is 6.61 Å². The SMILES string of the molecule is CCCCCCCCCC1CCC(COC2CCC(CCC)CC2)CC1. The molecule has 0 unspecified atom stereocenters. The summed E-state index contributed by atoms with van der Waals surface area (Å²) in [5, 5.41) is 0. The molecule has 154 valence electrons. The first kappa shape index (κ1) is 22.3. The van der Waals surface area contributed by atoms with Crippen molar-refractivity contribution in [1.82, 2.24) is 0 Å². The number of hydrogen-bond acceptors (Lipinski definition) is 1. The van der Waals surface area contributed by atoms with Gasteiger partial charge in [0.1, 0.15) is 0 Å². The van der Waals surface area contributed by atoms with Crippen molar-refractivity contribution in [3.63, 3.8) is 0 Å². The first-order valence-electron chi connectivity index (χ1n) is 12.4. The monoisotopic (exact) mass is 364 g/mol. The fourth-order valence-corrected chi connectivity index (χ4v) is 5.34. The van der Waals surface area contributed by atoms with Gasteiger partial charge in [0.15, 0.2) is 0 Å². The minimum Gasteiger partial charge on any atom is -0.378 e. The Morgan fingerprint density at radius 3 is 1.73 bits per heavy atom. The van der Waals surface area contributed by atoms with Gasteiger partial charge in [0.05, 0.1) is 6.10 Å². The van der Waals surface area contributed by atoms with Crippen LogP contribution in [0.15, 0.2) is 0 Å². The predicted octanol–water partition coefficient (Wildman–Crippen LogP) is 8.31. The molecule has 2 rings (SSSR count). The molecule has 0 radical (unpaired) electrons. The van der Waals surface area contributed by atoms with Crippen LogP contribution in [-0.2, 0) is 4.74 Å². The van der Waals surface area contributed by atoms with E-state index in [2.05, 4.69) is 13.8 Å². The summed E-state index contributed by atoms with van der Waals surface area (Å²) in [5.41, 5.74) is 0. The molecule has 0 N–H and O–H groups in total. The third-order valence-corrected chi connectivity index (χ3v) is 7.24. The Morgan fingerprint density at radius 2 is 1.08 bits per heavy atom. The Balaban J connectivity index is 1.44. The highest BCUT2D eigenvalue weighted by Crippen LogP contribution is 2.34. The van der Waals surface area contributed by atoms with Crippen LogP contribution in [0.2, 0.25) is 0 Å². The van der Waals surface area contributed by atoms with E-state index in [0.717, 1.165) is 24.4 Å². The van der Waals surface area contributed by atoms with Crippen LogP contribution >= 0.6 is 0 Å². The lowest BCUT2D eigenvalue weighted by atomic mass is 9.80. The van der Waals surface area contributed by atoms with Crippen molar-refractivity contribution >= 4 is 0 Å². The van der Waals surface area contributed by atoms with E-state index in [1.165, 1.54) is 116 Å². The van der Waals surface area contributed by atoms with Gasteiger partial charge in [-0.05, 0) is 56.3 Å². The van der Waals surface area contributed by atoms with Crippen LogP contribution in [0.3, 0.4) is 0 Å². The molecule has 1 nitrogen and oxygen atoms in total. The third kappa shape index (κ3) is 9.25. The van der Waals surface area contributed by atoms with Gasteiger partial charge in [0, 0.05) is 6.61 Å². The van der Waals surface area contributed by atoms with Gasteiger partial charge in [0.25, 0.3) is 0 Å². The van der Waals surface area contributed by atoms with E-state index in [9.17, 15) is 0 Å². The summed E-state index contributed by atoms with van der Waals surface area (Å²) in [6, 6.07) is 0. The second-order valence-electron chi connectivity index (χ2n) is 9.56. The maximum atomic E-state index is 6.33. The molecule has 2 saturated carbocycles. The highest BCUT2D eigenvalue weighted by atomic mass is 16.5. The largest absolute Gasteiger partial charge is 0.378 e. The highest BCUT2D eigenvalue weighted by molar-refractivity contribution is 4.75. The van der Waals surface area contributed by atoms with Crippen LogP contribution in [0, 0.1) is 17.8 Å². The number of unbranched alkanes of at least 4 members (excludes halogenated alkanes) is 6. The van der Waals surface area contributed by atoms with E-state index in [4.69, 9.17) is 4.74 Å².